The molecule has 0 radical (unpaired) electrons. The minimum absolute atomic E-state index is 0.129. The monoisotopic (exact) mass is 267 g/mol. The molecule has 0 aliphatic heterocycles. The summed E-state index contributed by atoms with van der Waals surface area (Å²) in [5.74, 6) is 0.327. The van der Waals surface area contributed by atoms with E-state index in [1.165, 1.54) is 23.1 Å². The fraction of sp³-hybridized carbons (Fsp3) is 0.273. The molecule has 0 saturated carbocycles. The first-order valence-corrected chi connectivity index (χ1v) is 6.69. The molecule has 0 fully saturated rings. The van der Waals surface area contributed by atoms with Crippen molar-refractivity contribution in [1.29, 1.82) is 0 Å². The average molecular weight is 267 g/mol. The van der Waals surface area contributed by atoms with E-state index in [9.17, 15) is 8.42 Å². The molecule has 0 N–H and O–H groups in total. The summed E-state index contributed by atoms with van der Waals surface area (Å²) in [6.07, 6.45) is 1.48. The number of aryl methyl sites for hydroxylation is 2. The van der Waals surface area contributed by atoms with E-state index in [4.69, 9.17) is 4.18 Å². The zero-order chi connectivity index (χ0) is 13.2. The second-order valence-corrected chi connectivity index (χ2v) is 5.48. The van der Waals surface area contributed by atoms with Gasteiger partial charge in [-0.1, -0.05) is 17.7 Å². The number of nitrogens with zero attached hydrogens (tertiary/aromatic N) is 3. The van der Waals surface area contributed by atoms with Crippen molar-refractivity contribution < 1.29 is 12.6 Å². The topological polar surface area (TPSA) is 74.1 Å². The van der Waals surface area contributed by atoms with Crippen LogP contribution < -0.4 is 0 Å². The molecular weight excluding hydrogens is 254 g/mol. The van der Waals surface area contributed by atoms with Crippen LogP contribution in [0.3, 0.4) is 0 Å². The van der Waals surface area contributed by atoms with Crippen molar-refractivity contribution in [2.75, 3.05) is 0 Å². The maximum absolute atomic E-state index is 11.8. The first kappa shape index (κ1) is 12.7. The van der Waals surface area contributed by atoms with Crippen molar-refractivity contribution in [2.45, 2.75) is 18.4 Å². The summed E-state index contributed by atoms with van der Waals surface area (Å²) in [6.45, 7) is 1.71. The van der Waals surface area contributed by atoms with Crippen molar-refractivity contribution in [2.24, 2.45) is 7.05 Å². The van der Waals surface area contributed by atoms with Gasteiger partial charge in [-0.15, -0.1) is 0 Å². The SMILES string of the molecule is Cc1ccc(S(=O)(=O)OCc2ncn(C)n2)cc1. The van der Waals surface area contributed by atoms with Crippen molar-refractivity contribution >= 4 is 10.1 Å². The molecule has 2 aromatic rings. The van der Waals surface area contributed by atoms with Crippen LogP contribution in [0.15, 0.2) is 35.5 Å². The molecule has 1 aromatic heterocycles. The van der Waals surface area contributed by atoms with E-state index in [2.05, 4.69) is 10.1 Å². The van der Waals surface area contributed by atoms with Crippen LogP contribution in [0, 0.1) is 6.92 Å². The molecule has 0 aliphatic carbocycles. The maximum atomic E-state index is 11.8. The number of rotatable bonds is 4. The van der Waals surface area contributed by atoms with Gasteiger partial charge < -0.3 is 0 Å². The van der Waals surface area contributed by atoms with Crippen LogP contribution in [0.25, 0.3) is 0 Å². The van der Waals surface area contributed by atoms with Gasteiger partial charge in [-0.3, -0.25) is 8.86 Å². The highest BCUT2D eigenvalue weighted by Gasteiger charge is 2.15. The van der Waals surface area contributed by atoms with E-state index in [0.717, 1.165) is 5.56 Å². The van der Waals surface area contributed by atoms with E-state index >= 15 is 0 Å². The van der Waals surface area contributed by atoms with E-state index in [0.29, 0.717) is 5.82 Å². The van der Waals surface area contributed by atoms with Crippen LogP contribution in [0.2, 0.25) is 0 Å². The molecule has 0 bridgehead atoms. The molecule has 96 valence electrons. The number of hydrogen-bond donors (Lipinski definition) is 0. The Balaban J connectivity index is 2.10. The van der Waals surface area contributed by atoms with Gasteiger partial charge in [0.15, 0.2) is 5.82 Å². The standard InChI is InChI=1S/C11H13N3O3S/c1-9-3-5-10(6-4-9)18(15,16)17-7-11-12-8-14(2)13-11/h3-6,8H,7H2,1-2H3. The summed E-state index contributed by atoms with van der Waals surface area (Å²) in [7, 11) is -2.06. The van der Waals surface area contributed by atoms with Gasteiger partial charge in [-0.2, -0.15) is 13.5 Å². The molecule has 7 heteroatoms. The highest BCUT2D eigenvalue weighted by Crippen LogP contribution is 2.14. The average Bonchev–Trinajstić information content (AvgIpc) is 2.73. The molecule has 0 spiro atoms. The number of hydrogen-bond acceptors (Lipinski definition) is 5. The molecule has 0 aliphatic rings. The van der Waals surface area contributed by atoms with Gasteiger partial charge >= 0.3 is 0 Å². The van der Waals surface area contributed by atoms with E-state index in [-0.39, 0.29) is 11.5 Å². The summed E-state index contributed by atoms with van der Waals surface area (Å²) in [6, 6.07) is 6.46. The Kier molecular flexibility index (Phi) is 3.44. The van der Waals surface area contributed by atoms with Crippen LogP contribution in [0.1, 0.15) is 11.4 Å². The first-order valence-electron chi connectivity index (χ1n) is 5.28. The van der Waals surface area contributed by atoms with Gasteiger partial charge in [-0.25, -0.2) is 4.98 Å². The Morgan fingerprint density at radius 2 is 1.94 bits per heavy atom. The molecular formula is C11H13N3O3S. The van der Waals surface area contributed by atoms with E-state index in [1.54, 1.807) is 19.2 Å². The number of benzene rings is 1. The largest absolute Gasteiger partial charge is 0.297 e. The van der Waals surface area contributed by atoms with Crippen molar-refractivity contribution in [3.63, 3.8) is 0 Å². The smallest absolute Gasteiger partial charge is 0.258 e. The molecule has 0 atom stereocenters. The highest BCUT2D eigenvalue weighted by molar-refractivity contribution is 7.86. The van der Waals surface area contributed by atoms with Crippen LogP contribution in [-0.2, 0) is 28.0 Å². The lowest BCUT2D eigenvalue weighted by molar-refractivity contribution is 0.298. The summed E-state index contributed by atoms with van der Waals surface area (Å²) >= 11 is 0. The Morgan fingerprint density at radius 3 is 2.50 bits per heavy atom. The predicted octanol–water partition coefficient (Wildman–Crippen LogP) is 1.03. The van der Waals surface area contributed by atoms with Crippen LogP contribution in [0.5, 0.6) is 0 Å². The van der Waals surface area contributed by atoms with Gasteiger partial charge in [0, 0.05) is 7.05 Å². The summed E-state index contributed by atoms with van der Waals surface area (Å²) < 4.78 is 30.1. The third kappa shape index (κ3) is 2.93. The number of aromatic nitrogens is 3. The lowest BCUT2D eigenvalue weighted by atomic mass is 10.2. The zero-order valence-electron chi connectivity index (χ0n) is 10.1. The Labute approximate surface area is 105 Å². The molecule has 0 unspecified atom stereocenters. The summed E-state index contributed by atoms with van der Waals surface area (Å²) in [5, 5.41) is 3.94. The maximum Gasteiger partial charge on any atom is 0.297 e. The lowest BCUT2D eigenvalue weighted by Gasteiger charge is -2.03. The van der Waals surface area contributed by atoms with Crippen molar-refractivity contribution in [3.8, 4) is 0 Å². The van der Waals surface area contributed by atoms with Crippen LogP contribution in [0.4, 0.5) is 0 Å². The van der Waals surface area contributed by atoms with Crippen molar-refractivity contribution in [1.82, 2.24) is 14.8 Å². The predicted molar refractivity (Wildman–Crippen MR) is 64.2 cm³/mol. The van der Waals surface area contributed by atoms with E-state index < -0.39 is 10.1 Å². The van der Waals surface area contributed by atoms with E-state index in [1.807, 2.05) is 6.92 Å². The third-order valence-electron chi connectivity index (χ3n) is 2.30. The zero-order valence-corrected chi connectivity index (χ0v) is 10.9. The highest BCUT2D eigenvalue weighted by atomic mass is 32.2. The normalized spacial score (nSPS) is 11.7. The summed E-state index contributed by atoms with van der Waals surface area (Å²) in [5.41, 5.74) is 0.986. The second kappa shape index (κ2) is 4.87. The van der Waals surface area contributed by atoms with Gasteiger partial charge in [-0.05, 0) is 19.1 Å². The minimum atomic E-state index is -3.76. The molecule has 1 aromatic carbocycles. The molecule has 1 heterocycles. The fourth-order valence-electron chi connectivity index (χ4n) is 1.35. The quantitative estimate of drug-likeness (QED) is 0.773. The molecule has 0 amide bonds. The van der Waals surface area contributed by atoms with Crippen molar-refractivity contribution in [3.05, 3.63) is 42.0 Å². The van der Waals surface area contributed by atoms with Gasteiger partial charge in [0.2, 0.25) is 0 Å². The lowest BCUT2D eigenvalue weighted by Crippen LogP contribution is -2.07. The Bertz CT molecular complexity index is 632. The van der Waals surface area contributed by atoms with Crippen LogP contribution in [-0.4, -0.2) is 23.2 Å². The molecule has 2 rings (SSSR count). The third-order valence-corrected chi connectivity index (χ3v) is 3.58. The second-order valence-electron chi connectivity index (χ2n) is 3.86. The van der Waals surface area contributed by atoms with Gasteiger partial charge in [0.05, 0.1) is 4.90 Å². The molecule has 6 nitrogen and oxygen atoms in total. The fourth-order valence-corrected chi connectivity index (χ4v) is 2.22. The molecule has 18 heavy (non-hydrogen) atoms. The van der Waals surface area contributed by atoms with Crippen LogP contribution >= 0.6 is 0 Å². The first-order chi connectivity index (χ1) is 8.47. The summed E-state index contributed by atoms with van der Waals surface area (Å²) in [4.78, 5) is 4.02. The molecule has 0 saturated heterocycles. The Morgan fingerprint density at radius 1 is 1.28 bits per heavy atom. The van der Waals surface area contributed by atoms with Gasteiger partial charge in [0.25, 0.3) is 10.1 Å². The van der Waals surface area contributed by atoms with Gasteiger partial charge in [0.1, 0.15) is 12.9 Å². The minimum Gasteiger partial charge on any atom is -0.258 e. The Hall–Kier alpha value is -1.73.